The van der Waals surface area contributed by atoms with Gasteiger partial charge in [-0.1, -0.05) is 11.6 Å². The summed E-state index contributed by atoms with van der Waals surface area (Å²) >= 11 is 1.52. The van der Waals surface area contributed by atoms with Crippen LogP contribution in [0.25, 0.3) is 20.2 Å². The first kappa shape index (κ1) is 12.8. The van der Waals surface area contributed by atoms with Gasteiger partial charge in [-0.05, 0) is 26.0 Å². The number of aromatic nitrogens is 2. The Bertz CT molecular complexity index is 908. The van der Waals surface area contributed by atoms with Gasteiger partial charge in [0.15, 0.2) is 0 Å². The Morgan fingerprint density at radius 1 is 1.40 bits per heavy atom. The molecule has 3 rings (SSSR count). The van der Waals surface area contributed by atoms with E-state index in [-0.39, 0.29) is 5.56 Å². The largest absolute Gasteiger partial charge is 0.480 e. The predicted octanol–water partition coefficient (Wildman–Crippen LogP) is 2.31. The van der Waals surface area contributed by atoms with E-state index in [0.29, 0.717) is 11.1 Å². The van der Waals surface area contributed by atoms with Gasteiger partial charge in [0.2, 0.25) is 0 Å². The molecule has 20 heavy (non-hydrogen) atoms. The molecule has 0 aliphatic heterocycles. The van der Waals surface area contributed by atoms with Gasteiger partial charge in [0.1, 0.15) is 6.54 Å². The molecule has 1 aromatic carbocycles. The van der Waals surface area contributed by atoms with E-state index >= 15 is 0 Å². The maximum absolute atomic E-state index is 12.4. The second kappa shape index (κ2) is 4.42. The number of aliphatic carboxylic acids is 1. The molecular formula is C14H12N2O3S. The second-order valence-electron chi connectivity index (χ2n) is 4.75. The Hall–Kier alpha value is -2.21. The molecule has 0 fully saturated rings. The molecule has 5 nitrogen and oxygen atoms in total. The first-order valence-corrected chi connectivity index (χ1v) is 6.91. The Balaban J connectivity index is 2.47. The Labute approximate surface area is 118 Å². The van der Waals surface area contributed by atoms with Crippen LogP contribution < -0.4 is 5.56 Å². The fourth-order valence-electron chi connectivity index (χ4n) is 2.31. The predicted molar refractivity (Wildman–Crippen MR) is 78.5 cm³/mol. The van der Waals surface area contributed by atoms with Crippen LogP contribution in [0.5, 0.6) is 0 Å². The molecule has 3 aromatic rings. The molecular weight excluding hydrogens is 276 g/mol. The molecule has 0 bridgehead atoms. The number of thiophene rings is 1. The van der Waals surface area contributed by atoms with Crippen molar-refractivity contribution in [2.45, 2.75) is 20.4 Å². The van der Waals surface area contributed by atoms with E-state index in [2.05, 4.69) is 5.10 Å². The number of carboxylic acids is 1. The summed E-state index contributed by atoms with van der Waals surface area (Å²) in [7, 11) is 0. The van der Waals surface area contributed by atoms with Crippen molar-refractivity contribution < 1.29 is 9.90 Å². The van der Waals surface area contributed by atoms with Gasteiger partial charge in [-0.2, -0.15) is 5.10 Å². The summed E-state index contributed by atoms with van der Waals surface area (Å²) in [6.07, 6.45) is 0. The van der Waals surface area contributed by atoms with Crippen LogP contribution in [0, 0.1) is 13.8 Å². The lowest BCUT2D eigenvalue weighted by molar-refractivity contribution is -0.137. The van der Waals surface area contributed by atoms with E-state index in [0.717, 1.165) is 25.0 Å². The van der Waals surface area contributed by atoms with Gasteiger partial charge in [-0.15, -0.1) is 11.3 Å². The van der Waals surface area contributed by atoms with Gasteiger partial charge >= 0.3 is 5.97 Å². The van der Waals surface area contributed by atoms with Crippen molar-refractivity contribution in [3.63, 3.8) is 0 Å². The highest BCUT2D eigenvalue weighted by Gasteiger charge is 2.15. The molecule has 1 N–H and O–H groups in total. The number of benzene rings is 1. The minimum absolute atomic E-state index is 0.343. The molecule has 2 aromatic heterocycles. The SMILES string of the molecule is Cc1ccc2sc3c(C)nn(CC(=O)O)c(=O)c3c2c1. The molecule has 0 radical (unpaired) electrons. The molecule has 102 valence electrons. The van der Waals surface area contributed by atoms with Crippen molar-refractivity contribution in [3.8, 4) is 0 Å². The maximum Gasteiger partial charge on any atom is 0.325 e. The summed E-state index contributed by atoms with van der Waals surface area (Å²) in [5.74, 6) is -1.07. The lowest BCUT2D eigenvalue weighted by Gasteiger charge is -2.03. The van der Waals surface area contributed by atoms with Crippen LogP contribution in [0.2, 0.25) is 0 Å². The van der Waals surface area contributed by atoms with Crippen LogP contribution in [0.15, 0.2) is 23.0 Å². The third-order valence-electron chi connectivity index (χ3n) is 3.18. The van der Waals surface area contributed by atoms with Gasteiger partial charge in [-0.25, -0.2) is 4.68 Å². The average Bonchev–Trinajstić information content (AvgIpc) is 2.74. The minimum atomic E-state index is -1.07. The highest BCUT2D eigenvalue weighted by Crippen LogP contribution is 2.33. The van der Waals surface area contributed by atoms with E-state index in [1.165, 1.54) is 11.3 Å². The fraction of sp³-hybridized carbons (Fsp3) is 0.214. The van der Waals surface area contributed by atoms with Gasteiger partial charge in [0.25, 0.3) is 5.56 Å². The van der Waals surface area contributed by atoms with Crippen molar-refractivity contribution >= 4 is 37.5 Å². The molecule has 0 atom stereocenters. The molecule has 0 saturated carbocycles. The zero-order valence-corrected chi connectivity index (χ0v) is 11.8. The van der Waals surface area contributed by atoms with Crippen LogP contribution in [0.1, 0.15) is 11.3 Å². The van der Waals surface area contributed by atoms with Crippen LogP contribution >= 0.6 is 11.3 Å². The Kier molecular flexibility index (Phi) is 2.83. The van der Waals surface area contributed by atoms with Crippen LogP contribution in [0.3, 0.4) is 0 Å². The number of carbonyl (C=O) groups is 1. The number of carboxylic acid groups (broad SMARTS) is 1. The molecule has 0 aliphatic carbocycles. The van der Waals surface area contributed by atoms with E-state index in [4.69, 9.17) is 5.11 Å². The summed E-state index contributed by atoms with van der Waals surface area (Å²) in [4.78, 5) is 23.3. The van der Waals surface area contributed by atoms with Crippen molar-refractivity contribution in [2.75, 3.05) is 0 Å². The third-order valence-corrected chi connectivity index (χ3v) is 4.46. The summed E-state index contributed by atoms with van der Waals surface area (Å²) in [5.41, 5.74) is 1.40. The summed E-state index contributed by atoms with van der Waals surface area (Å²) < 4.78 is 2.87. The van der Waals surface area contributed by atoms with Crippen molar-refractivity contribution in [3.05, 3.63) is 39.8 Å². The van der Waals surface area contributed by atoms with Crippen molar-refractivity contribution in [1.29, 1.82) is 0 Å². The first-order valence-electron chi connectivity index (χ1n) is 6.10. The summed E-state index contributed by atoms with van der Waals surface area (Å²) in [5, 5.41) is 14.4. The maximum atomic E-state index is 12.4. The molecule has 0 unspecified atom stereocenters. The lowest BCUT2D eigenvalue weighted by Crippen LogP contribution is -2.27. The summed E-state index contributed by atoms with van der Waals surface area (Å²) in [6, 6.07) is 5.94. The van der Waals surface area contributed by atoms with E-state index < -0.39 is 12.5 Å². The highest BCUT2D eigenvalue weighted by atomic mass is 32.1. The van der Waals surface area contributed by atoms with E-state index in [1.807, 2.05) is 25.1 Å². The van der Waals surface area contributed by atoms with E-state index in [9.17, 15) is 9.59 Å². The average molecular weight is 288 g/mol. The van der Waals surface area contributed by atoms with Crippen LogP contribution in [-0.2, 0) is 11.3 Å². The lowest BCUT2D eigenvalue weighted by atomic mass is 10.1. The normalized spacial score (nSPS) is 11.3. The van der Waals surface area contributed by atoms with Crippen molar-refractivity contribution in [2.24, 2.45) is 0 Å². The Morgan fingerprint density at radius 3 is 2.85 bits per heavy atom. The van der Waals surface area contributed by atoms with Crippen LogP contribution in [0.4, 0.5) is 0 Å². The van der Waals surface area contributed by atoms with Crippen LogP contribution in [-0.4, -0.2) is 20.9 Å². The van der Waals surface area contributed by atoms with Gasteiger partial charge in [0.05, 0.1) is 15.8 Å². The molecule has 0 amide bonds. The molecule has 6 heteroatoms. The zero-order valence-electron chi connectivity index (χ0n) is 11.0. The number of aryl methyl sites for hydroxylation is 2. The minimum Gasteiger partial charge on any atom is -0.480 e. The molecule has 0 spiro atoms. The topological polar surface area (TPSA) is 72.2 Å². The standard InChI is InChI=1S/C14H12N2O3S/c1-7-3-4-10-9(5-7)12-13(20-10)8(2)15-16(14(12)19)6-11(17)18/h3-5H,6H2,1-2H3,(H,17,18). The fourth-order valence-corrected chi connectivity index (χ4v) is 3.43. The zero-order chi connectivity index (χ0) is 14.4. The summed E-state index contributed by atoms with van der Waals surface area (Å²) in [6.45, 7) is 3.34. The Morgan fingerprint density at radius 2 is 2.15 bits per heavy atom. The number of rotatable bonds is 2. The van der Waals surface area contributed by atoms with Gasteiger partial charge < -0.3 is 5.11 Å². The van der Waals surface area contributed by atoms with Crippen molar-refractivity contribution in [1.82, 2.24) is 9.78 Å². The molecule has 0 aliphatic rings. The smallest absolute Gasteiger partial charge is 0.325 e. The van der Waals surface area contributed by atoms with Gasteiger partial charge in [0, 0.05) is 10.1 Å². The first-order chi connectivity index (χ1) is 9.47. The third kappa shape index (κ3) is 1.89. The second-order valence-corrected chi connectivity index (χ2v) is 5.80. The number of fused-ring (bicyclic) bond motifs is 3. The number of hydrogen-bond acceptors (Lipinski definition) is 4. The van der Waals surface area contributed by atoms with E-state index in [1.54, 1.807) is 6.92 Å². The monoisotopic (exact) mass is 288 g/mol. The molecule has 2 heterocycles. The quantitative estimate of drug-likeness (QED) is 0.785. The number of hydrogen-bond donors (Lipinski definition) is 1. The van der Waals surface area contributed by atoms with Gasteiger partial charge in [-0.3, -0.25) is 9.59 Å². The highest BCUT2D eigenvalue weighted by molar-refractivity contribution is 7.26. The molecule has 0 saturated heterocycles. The number of nitrogens with zero attached hydrogens (tertiary/aromatic N) is 2.